The number of halogens is 2. The van der Waals surface area contributed by atoms with Crippen molar-refractivity contribution in [1.82, 2.24) is 5.32 Å². The van der Waals surface area contributed by atoms with E-state index >= 15 is 0 Å². The molecule has 0 amide bonds. The highest BCUT2D eigenvalue weighted by molar-refractivity contribution is 5.24. The van der Waals surface area contributed by atoms with Crippen LogP contribution in [-0.4, -0.2) is 29.9 Å². The largest absolute Gasteiger partial charge is 0.490 e. The number of hydrogen-bond donors (Lipinski definition) is 2. The summed E-state index contributed by atoms with van der Waals surface area (Å²) >= 11 is 0. The molecule has 5 heteroatoms. The van der Waals surface area contributed by atoms with Crippen molar-refractivity contribution >= 4 is 0 Å². The van der Waals surface area contributed by atoms with E-state index in [1.807, 2.05) is 6.92 Å². The first-order valence-corrected chi connectivity index (χ1v) is 6.49. The SMILES string of the molecule is CC(CO)(CCOc1ccc(F)cc1F)NC1CC1. The lowest BCUT2D eigenvalue weighted by Gasteiger charge is -2.29. The summed E-state index contributed by atoms with van der Waals surface area (Å²) in [6.45, 7) is 2.17. The van der Waals surface area contributed by atoms with Gasteiger partial charge >= 0.3 is 0 Å². The lowest BCUT2D eigenvalue weighted by atomic mass is 9.99. The summed E-state index contributed by atoms with van der Waals surface area (Å²) in [6, 6.07) is 3.70. The van der Waals surface area contributed by atoms with Crippen molar-refractivity contribution in [3.05, 3.63) is 29.8 Å². The molecule has 0 radical (unpaired) electrons. The van der Waals surface area contributed by atoms with E-state index in [2.05, 4.69) is 5.32 Å². The predicted octanol–water partition coefficient (Wildman–Crippen LogP) is 2.24. The van der Waals surface area contributed by atoms with Gasteiger partial charge in [-0.05, 0) is 31.9 Å². The standard InChI is InChI=1S/C14H19F2NO2/c1-14(9-18,17-11-3-4-11)6-7-19-13-5-2-10(15)8-12(13)16/h2,5,8,11,17-18H,3-4,6-7,9H2,1H3. The van der Waals surface area contributed by atoms with Gasteiger partial charge in [0, 0.05) is 24.1 Å². The maximum absolute atomic E-state index is 13.3. The van der Waals surface area contributed by atoms with Crippen LogP contribution in [0.15, 0.2) is 18.2 Å². The molecule has 1 fully saturated rings. The Balaban J connectivity index is 1.84. The van der Waals surface area contributed by atoms with E-state index in [1.165, 1.54) is 6.07 Å². The second kappa shape index (κ2) is 5.84. The van der Waals surface area contributed by atoms with Gasteiger partial charge in [-0.1, -0.05) is 0 Å². The van der Waals surface area contributed by atoms with E-state index < -0.39 is 17.2 Å². The van der Waals surface area contributed by atoms with Crippen LogP contribution in [0.1, 0.15) is 26.2 Å². The molecule has 1 aromatic carbocycles. The summed E-state index contributed by atoms with van der Waals surface area (Å²) < 4.78 is 31.4. The molecule has 1 atom stereocenters. The smallest absolute Gasteiger partial charge is 0.167 e. The Labute approximate surface area is 111 Å². The number of aliphatic hydroxyl groups excluding tert-OH is 1. The Morgan fingerprint density at radius 1 is 1.42 bits per heavy atom. The highest BCUT2D eigenvalue weighted by Crippen LogP contribution is 2.24. The van der Waals surface area contributed by atoms with Gasteiger partial charge in [-0.2, -0.15) is 0 Å². The van der Waals surface area contributed by atoms with Crippen molar-refractivity contribution in [2.45, 2.75) is 37.8 Å². The Morgan fingerprint density at radius 2 is 2.16 bits per heavy atom. The minimum Gasteiger partial charge on any atom is -0.490 e. The normalized spacial score (nSPS) is 18.1. The number of rotatable bonds is 7. The average molecular weight is 271 g/mol. The quantitative estimate of drug-likeness (QED) is 0.799. The summed E-state index contributed by atoms with van der Waals surface area (Å²) in [4.78, 5) is 0. The van der Waals surface area contributed by atoms with Gasteiger partial charge in [-0.3, -0.25) is 0 Å². The van der Waals surface area contributed by atoms with Crippen molar-refractivity contribution in [1.29, 1.82) is 0 Å². The van der Waals surface area contributed by atoms with Gasteiger partial charge in [-0.25, -0.2) is 8.78 Å². The van der Waals surface area contributed by atoms with Crippen LogP contribution in [0.4, 0.5) is 8.78 Å². The number of hydrogen-bond acceptors (Lipinski definition) is 3. The van der Waals surface area contributed by atoms with Gasteiger partial charge in [0.15, 0.2) is 11.6 Å². The molecule has 3 nitrogen and oxygen atoms in total. The molecule has 1 saturated carbocycles. The van der Waals surface area contributed by atoms with E-state index in [1.54, 1.807) is 0 Å². The van der Waals surface area contributed by atoms with Crippen LogP contribution >= 0.6 is 0 Å². The van der Waals surface area contributed by atoms with Gasteiger partial charge in [0.2, 0.25) is 0 Å². The van der Waals surface area contributed by atoms with Crippen LogP contribution < -0.4 is 10.1 Å². The Morgan fingerprint density at radius 3 is 2.74 bits per heavy atom. The summed E-state index contributed by atoms with van der Waals surface area (Å²) in [5.41, 5.74) is -0.419. The van der Waals surface area contributed by atoms with E-state index in [4.69, 9.17) is 4.74 Å². The van der Waals surface area contributed by atoms with E-state index in [0.717, 1.165) is 25.0 Å². The fourth-order valence-electron chi connectivity index (χ4n) is 1.90. The Bertz CT molecular complexity index is 437. The van der Waals surface area contributed by atoms with E-state index in [0.29, 0.717) is 12.5 Å². The first-order chi connectivity index (χ1) is 9.02. The molecule has 106 valence electrons. The van der Waals surface area contributed by atoms with Crippen LogP contribution in [0.5, 0.6) is 5.75 Å². The molecule has 0 aromatic heterocycles. The molecule has 2 rings (SSSR count). The molecule has 19 heavy (non-hydrogen) atoms. The van der Waals surface area contributed by atoms with Crippen LogP contribution in [0.25, 0.3) is 0 Å². The van der Waals surface area contributed by atoms with Gasteiger partial charge in [0.1, 0.15) is 5.82 Å². The number of aliphatic hydroxyl groups is 1. The fourth-order valence-corrected chi connectivity index (χ4v) is 1.90. The van der Waals surface area contributed by atoms with Gasteiger partial charge in [0.05, 0.1) is 13.2 Å². The first-order valence-electron chi connectivity index (χ1n) is 6.49. The lowest BCUT2D eigenvalue weighted by molar-refractivity contribution is 0.141. The number of benzene rings is 1. The maximum Gasteiger partial charge on any atom is 0.167 e. The zero-order valence-corrected chi connectivity index (χ0v) is 11.0. The fraction of sp³-hybridized carbons (Fsp3) is 0.571. The minimum absolute atomic E-state index is 0.00123. The summed E-state index contributed by atoms with van der Waals surface area (Å²) in [7, 11) is 0. The van der Waals surface area contributed by atoms with Gasteiger partial charge in [-0.15, -0.1) is 0 Å². The van der Waals surface area contributed by atoms with Crippen molar-refractivity contribution < 1.29 is 18.6 Å². The topological polar surface area (TPSA) is 41.5 Å². The Kier molecular flexibility index (Phi) is 4.37. The Hall–Kier alpha value is -1.20. The second-order valence-corrected chi connectivity index (χ2v) is 5.31. The predicted molar refractivity (Wildman–Crippen MR) is 68.1 cm³/mol. The molecule has 0 saturated heterocycles. The maximum atomic E-state index is 13.3. The van der Waals surface area contributed by atoms with E-state index in [9.17, 15) is 13.9 Å². The lowest BCUT2D eigenvalue weighted by Crippen LogP contribution is -2.48. The molecular weight excluding hydrogens is 252 g/mol. The molecule has 0 bridgehead atoms. The molecule has 1 aromatic rings. The molecule has 1 aliphatic rings. The summed E-state index contributed by atoms with van der Waals surface area (Å²) in [6.07, 6.45) is 2.81. The summed E-state index contributed by atoms with van der Waals surface area (Å²) in [5.74, 6) is -1.30. The second-order valence-electron chi connectivity index (χ2n) is 5.31. The van der Waals surface area contributed by atoms with Gasteiger partial charge < -0.3 is 15.2 Å². The highest BCUT2D eigenvalue weighted by atomic mass is 19.1. The van der Waals surface area contributed by atoms with Crippen LogP contribution in [0, 0.1) is 11.6 Å². The third-order valence-corrected chi connectivity index (χ3v) is 3.28. The monoisotopic (exact) mass is 271 g/mol. The third kappa shape index (κ3) is 4.14. The zero-order valence-electron chi connectivity index (χ0n) is 11.0. The van der Waals surface area contributed by atoms with Gasteiger partial charge in [0.25, 0.3) is 0 Å². The van der Waals surface area contributed by atoms with E-state index in [-0.39, 0.29) is 19.0 Å². The molecule has 2 N–H and O–H groups in total. The highest BCUT2D eigenvalue weighted by Gasteiger charge is 2.31. The zero-order chi connectivity index (χ0) is 13.9. The molecular formula is C14H19F2NO2. The number of ether oxygens (including phenoxy) is 1. The van der Waals surface area contributed by atoms with Crippen LogP contribution in [0.3, 0.4) is 0 Å². The molecule has 1 aliphatic carbocycles. The minimum atomic E-state index is -0.708. The first kappa shape index (κ1) is 14.2. The summed E-state index contributed by atoms with van der Waals surface area (Å²) in [5, 5.41) is 12.8. The number of nitrogens with one attached hydrogen (secondary N) is 1. The molecule has 0 aliphatic heterocycles. The van der Waals surface area contributed by atoms with Crippen LogP contribution in [-0.2, 0) is 0 Å². The van der Waals surface area contributed by atoms with Crippen molar-refractivity contribution in [2.75, 3.05) is 13.2 Å². The molecule has 1 unspecified atom stereocenters. The van der Waals surface area contributed by atoms with Crippen LogP contribution in [0.2, 0.25) is 0 Å². The molecule has 0 heterocycles. The third-order valence-electron chi connectivity index (χ3n) is 3.28. The van der Waals surface area contributed by atoms with Crippen molar-refractivity contribution in [3.63, 3.8) is 0 Å². The van der Waals surface area contributed by atoms with Crippen molar-refractivity contribution in [3.8, 4) is 5.75 Å². The molecule has 0 spiro atoms. The van der Waals surface area contributed by atoms with Crippen molar-refractivity contribution in [2.24, 2.45) is 0 Å². The average Bonchev–Trinajstić information content (AvgIpc) is 3.16.